The van der Waals surface area contributed by atoms with Crippen molar-refractivity contribution < 1.29 is 0 Å². The number of rotatable bonds is 6. The van der Waals surface area contributed by atoms with Crippen LogP contribution < -0.4 is 19.6 Å². The fraction of sp³-hybridized carbons (Fsp3) is 0.0800. The standard InChI is InChI=1S/C50H40N8/c1-33-15-11-23-45(51-33)55-41-29-27-39(37-19-7-5-8-20-37)31-43(41)57(47-25-13-17-35(3)53-47)49(55)50-56(46-24-12-16-34(2)52-46)42-30-28-40(38-21-9-6-10-22-38)32-44(42)58(50)48-26-14-18-36(4)54-48/h5-32H,1-4H3/b50-49+. The summed E-state index contributed by atoms with van der Waals surface area (Å²) in [4.78, 5) is 30.0. The van der Waals surface area contributed by atoms with Gasteiger partial charge in [0.2, 0.25) is 0 Å². The van der Waals surface area contributed by atoms with Crippen LogP contribution in [-0.4, -0.2) is 19.9 Å². The van der Waals surface area contributed by atoms with Crippen LogP contribution in [0, 0.1) is 27.7 Å². The number of benzene rings is 4. The normalized spacial score (nSPS) is 14.6. The monoisotopic (exact) mass is 752 g/mol. The lowest BCUT2D eigenvalue weighted by Gasteiger charge is -2.33. The van der Waals surface area contributed by atoms with E-state index in [1.165, 1.54) is 0 Å². The third-order valence-corrected chi connectivity index (χ3v) is 10.6. The Hall–Kier alpha value is -7.58. The molecule has 0 saturated carbocycles. The second-order valence-corrected chi connectivity index (χ2v) is 14.7. The number of pyridine rings is 4. The highest BCUT2D eigenvalue weighted by Crippen LogP contribution is 2.57. The van der Waals surface area contributed by atoms with Gasteiger partial charge in [0.15, 0.2) is 11.6 Å². The number of hydrogen-bond donors (Lipinski definition) is 0. The van der Waals surface area contributed by atoms with Crippen LogP contribution in [0.1, 0.15) is 22.8 Å². The molecular formula is C50H40N8. The van der Waals surface area contributed by atoms with Gasteiger partial charge in [0.1, 0.15) is 23.3 Å². The van der Waals surface area contributed by atoms with Crippen molar-refractivity contribution in [1.29, 1.82) is 0 Å². The maximum absolute atomic E-state index is 5.23. The molecule has 0 atom stereocenters. The molecule has 4 aromatic carbocycles. The molecule has 8 heteroatoms. The number of aryl methyl sites for hydroxylation is 4. The van der Waals surface area contributed by atoms with Crippen molar-refractivity contribution >= 4 is 46.0 Å². The molecule has 0 bridgehead atoms. The summed E-state index contributed by atoms with van der Waals surface area (Å²) in [6.45, 7) is 8.15. The summed E-state index contributed by atoms with van der Waals surface area (Å²) < 4.78 is 0. The van der Waals surface area contributed by atoms with Gasteiger partial charge in [0.05, 0.1) is 22.7 Å². The van der Waals surface area contributed by atoms with Crippen molar-refractivity contribution in [1.82, 2.24) is 19.9 Å². The number of aromatic nitrogens is 4. The Morgan fingerprint density at radius 3 is 0.897 bits per heavy atom. The largest absolute Gasteiger partial charge is 0.275 e. The first-order chi connectivity index (χ1) is 28.4. The Labute approximate surface area is 338 Å². The zero-order valence-corrected chi connectivity index (χ0v) is 32.7. The molecule has 0 unspecified atom stereocenters. The smallest absolute Gasteiger partial charge is 0.168 e. The molecule has 10 rings (SSSR count). The van der Waals surface area contributed by atoms with E-state index in [1.807, 2.05) is 52.0 Å². The lowest BCUT2D eigenvalue weighted by molar-refractivity contribution is 0.953. The van der Waals surface area contributed by atoms with Gasteiger partial charge in [0, 0.05) is 22.8 Å². The van der Waals surface area contributed by atoms with Crippen molar-refractivity contribution in [2.45, 2.75) is 27.7 Å². The van der Waals surface area contributed by atoms with Crippen LogP contribution >= 0.6 is 0 Å². The van der Waals surface area contributed by atoms with Crippen LogP contribution in [0.3, 0.4) is 0 Å². The van der Waals surface area contributed by atoms with E-state index in [-0.39, 0.29) is 0 Å². The zero-order chi connectivity index (χ0) is 39.3. The summed E-state index contributed by atoms with van der Waals surface area (Å²) in [5, 5.41) is 0. The maximum atomic E-state index is 5.23. The van der Waals surface area contributed by atoms with Crippen LogP contribution in [0.2, 0.25) is 0 Å². The lowest BCUT2D eigenvalue weighted by Crippen LogP contribution is -2.34. The van der Waals surface area contributed by atoms with E-state index in [1.54, 1.807) is 0 Å². The Kier molecular flexibility index (Phi) is 8.52. The van der Waals surface area contributed by atoms with Crippen LogP contribution in [-0.2, 0) is 0 Å². The highest BCUT2D eigenvalue weighted by Gasteiger charge is 2.46. The molecule has 8 nitrogen and oxygen atoms in total. The van der Waals surface area contributed by atoms with Gasteiger partial charge >= 0.3 is 0 Å². The molecular weight excluding hydrogens is 713 g/mol. The second-order valence-electron chi connectivity index (χ2n) is 14.7. The fourth-order valence-corrected chi connectivity index (χ4v) is 8.00. The van der Waals surface area contributed by atoms with Gasteiger partial charge in [-0.2, -0.15) is 0 Å². The van der Waals surface area contributed by atoms with Crippen LogP contribution in [0.25, 0.3) is 22.3 Å². The summed E-state index contributed by atoms with van der Waals surface area (Å²) in [5.41, 5.74) is 12.0. The first kappa shape index (κ1) is 34.9. The van der Waals surface area contributed by atoms with Gasteiger partial charge in [-0.15, -0.1) is 0 Å². The predicted molar refractivity (Wildman–Crippen MR) is 235 cm³/mol. The number of fused-ring (bicyclic) bond motifs is 2. The van der Waals surface area contributed by atoms with Gasteiger partial charge in [0.25, 0.3) is 0 Å². The van der Waals surface area contributed by atoms with Gasteiger partial charge in [-0.1, -0.05) is 97.1 Å². The van der Waals surface area contributed by atoms with Crippen molar-refractivity contribution in [2.75, 3.05) is 19.6 Å². The van der Waals surface area contributed by atoms with Crippen molar-refractivity contribution in [2.24, 2.45) is 0 Å². The molecule has 0 N–H and O–H groups in total. The molecule has 6 heterocycles. The molecule has 0 spiro atoms. The summed E-state index contributed by atoms with van der Waals surface area (Å²) in [5.74, 6) is 4.78. The molecule has 0 amide bonds. The molecule has 8 aromatic rings. The molecule has 0 aliphatic carbocycles. The molecule has 0 saturated heterocycles. The molecule has 58 heavy (non-hydrogen) atoms. The molecule has 2 aliphatic rings. The Bertz CT molecular complexity index is 2680. The van der Waals surface area contributed by atoms with Crippen LogP contribution in [0.4, 0.5) is 46.0 Å². The fourth-order valence-electron chi connectivity index (χ4n) is 8.00. The molecule has 280 valence electrons. The number of anilines is 8. The Morgan fingerprint density at radius 2 is 0.586 bits per heavy atom. The third kappa shape index (κ3) is 6.03. The minimum Gasteiger partial charge on any atom is -0.275 e. The highest BCUT2D eigenvalue weighted by atomic mass is 15.5. The van der Waals surface area contributed by atoms with Gasteiger partial charge < -0.3 is 0 Å². The quantitative estimate of drug-likeness (QED) is 0.166. The van der Waals surface area contributed by atoms with E-state index in [2.05, 4.69) is 165 Å². The van der Waals surface area contributed by atoms with E-state index in [0.29, 0.717) is 0 Å². The van der Waals surface area contributed by atoms with Crippen molar-refractivity contribution in [3.63, 3.8) is 0 Å². The summed E-state index contributed by atoms with van der Waals surface area (Å²) in [6, 6.07) is 59.1. The van der Waals surface area contributed by atoms with Crippen LogP contribution in [0.5, 0.6) is 0 Å². The summed E-state index contributed by atoms with van der Waals surface area (Å²) in [7, 11) is 0. The average Bonchev–Trinajstić information content (AvgIpc) is 3.77. The first-order valence-electron chi connectivity index (χ1n) is 19.5. The Morgan fingerprint density at radius 1 is 0.276 bits per heavy atom. The summed E-state index contributed by atoms with van der Waals surface area (Å²) >= 11 is 0. The van der Waals surface area contributed by atoms with E-state index >= 15 is 0 Å². The summed E-state index contributed by atoms with van der Waals surface area (Å²) in [6.07, 6.45) is 0. The van der Waals surface area contributed by atoms with Gasteiger partial charge in [-0.3, -0.25) is 19.6 Å². The molecule has 4 aromatic heterocycles. The minimum atomic E-state index is 0.777. The lowest BCUT2D eigenvalue weighted by atomic mass is 10.0. The molecule has 2 aliphatic heterocycles. The number of nitrogens with zero attached hydrogens (tertiary/aromatic N) is 8. The Balaban J connectivity index is 1.36. The van der Waals surface area contributed by atoms with Gasteiger partial charge in [-0.25, -0.2) is 19.9 Å². The topological polar surface area (TPSA) is 64.5 Å². The van der Waals surface area contributed by atoms with E-state index in [4.69, 9.17) is 19.9 Å². The molecule has 0 fully saturated rings. The SMILES string of the molecule is Cc1cccc(N2/C(=C3/N(c4cccc(C)n4)c4ccc(-c5ccccc5)cc4N3c3cccc(C)n3)N(c3cccc(C)n3)c3cc(-c4ccccc4)ccc32)n1. The predicted octanol–water partition coefficient (Wildman–Crippen LogP) is 12.2. The van der Waals surface area contributed by atoms with E-state index in [9.17, 15) is 0 Å². The average molecular weight is 753 g/mol. The van der Waals surface area contributed by atoms with Gasteiger partial charge in [-0.05, 0) is 123 Å². The zero-order valence-electron chi connectivity index (χ0n) is 32.7. The molecule has 0 radical (unpaired) electrons. The van der Waals surface area contributed by atoms with E-state index in [0.717, 1.165) is 103 Å². The van der Waals surface area contributed by atoms with Crippen molar-refractivity contribution in [3.8, 4) is 22.3 Å². The third-order valence-electron chi connectivity index (χ3n) is 10.6. The van der Waals surface area contributed by atoms with Crippen molar-refractivity contribution in [3.05, 3.63) is 204 Å². The second kappa shape index (κ2) is 14.2. The first-order valence-corrected chi connectivity index (χ1v) is 19.5. The number of hydrogen-bond acceptors (Lipinski definition) is 8. The van der Waals surface area contributed by atoms with Crippen LogP contribution in [0.15, 0.2) is 182 Å². The minimum absolute atomic E-state index is 0.777. The van der Waals surface area contributed by atoms with E-state index < -0.39 is 0 Å². The maximum Gasteiger partial charge on any atom is 0.168 e. The highest BCUT2D eigenvalue weighted by molar-refractivity contribution is 6.00.